The topological polar surface area (TPSA) is 58.4 Å². The fourth-order valence-corrected chi connectivity index (χ4v) is 4.33. The summed E-state index contributed by atoms with van der Waals surface area (Å²) in [4.78, 5) is 6.76. The maximum absolute atomic E-state index is 12.7. The highest BCUT2D eigenvalue weighted by Gasteiger charge is 2.30. The van der Waals surface area contributed by atoms with Crippen molar-refractivity contribution in [3.05, 3.63) is 59.4 Å². The van der Waals surface area contributed by atoms with E-state index in [2.05, 4.69) is 4.98 Å². The molecule has 10 heteroatoms. The van der Waals surface area contributed by atoms with Crippen molar-refractivity contribution in [1.29, 1.82) is 0 Å². The molecule has 0 fully saturated rings. The zero-order chi connectivity index (χ0) is 23.0. The average Bonchev–Trinajstić information content (AvgIpc) is 3.03. The van der Waals surface area contributed by atoms with Crippen molar-refractivity contribution >= 4 is 21.1 Å². The molecule has 3 aromatic rings. The summed E-state index contributed by atoms with van der Waals surface area (Å²) in [5.74, 6) is 0.756. The maximum Gasteiger partial charge on any atom is 0.416 e. The van der Waals surface area contributed by atoms with Gasteiger partial charge in [-0.3, -0.25) is 4.90 Å². The van der Waals surface area contributed by atoms with Crippen LogP contribution in [0.1, 0.15) is 23.9 Å². The molecule has 1 heterocycles. The van der Waals surface area contributed by atoms with Gasteiger partial charge in [0.25, 0.3) is 0 Å². The number of aromatic nitrogens is 2. The molecular formula is C21H25F3N4O2S. The highest BCUT2D eigenvalue weighted by atomic mass is 32.2. The van der Waals surface area contributed by atoms with Gasteiger partial charge in [0.1, 0.15) is 5.82 Å². The van der Waals surface area contributed by atoms with Crippen molar-refractivity contribution in [3.63, 3.8) is 0 Å². The first-order valence-electron chi connectivity index (χ1n) is 9.70. The Bertz CT molecular complexity index is 1170. The minimum atomic E-state index is -4.35. The SMILES string of the molecule is CCn1c(CN(C)Cc2ccc(C(F)(F)F)cc2)nc2cc(S(=O)(=O)N(C)C)ccc21. The Labute approximate surface area is 180 Å². The quantitative estimate of drug-likeness (QED) is 0.542. The largest absolute Gasteiger partial charge is 0.416 e. The molecule has 0 atom stereocenters. The van der Waals surface area contributed by atoms with Crippen molar-refractivity contribution in [2.45, 2.75) is 37.6 Å². The number of sulfonamides is 1. The average molecular weight is 455 g/mol. The fourth-order valence-electron chi connectivity index (χ4n) is 3.41. The van der Waals surface area contributed by atoms with E-state index in [1.807, 2.05) is 23.4 Å². The second kappa shape index (κ2) is 8.60. The summed E-state index contributed by atoms with van der Waals surface area (Å²) in [7, 11) is 1.25. The molecule has 0 aliphatic heterocycles. The van der Waals surface area contributed by atoms with E-state index in [0.29, 0.717) is 25.2 Å². The standard InChI is InChI=1S/C21H25F3N4O2S/c1-5-28-19-11-10-17(31(29,30)26(2)3)12-18(19)25-20(28)14-27(4)13-15-6-8-16(9-7-15)21(22,23)24/h6-12H,5,13-14H2,1-4H3. The Morgan fingerprint density at radius 1 is 1.00 bits per heavy atom. The monoisotopic (exact) mass is 454 g/mol. The maximum atomic E-state index is 12.7. The first kappa shape index (κ1) is 23.2. The normalized spacial score (nSPS) is 12.9. The molecule has 0 amide bonds. The third kappa shape index (κ3) is 4.91. The summed E-state index contributed by atoms with van der Waals surface area (Å²) in [6, 6.07) is 9.99. The summed E-state index contributed by atoms with van der Waals surface area (Å²) in [5.41, 5.74) is 1.50. The van der Waals surface area contributed by atoms with Crippen LogP contribution in [0.5, 0.6) is 0 Å². The van der Waals surface area contributed by atoms with Crippen molar-refractivity contribution in [1.82, 2.24) is 18.8 Å². The number of nitrogens with zero attached hydrogens (tertiary/aromatic N) is 4. The van der Waals surface area contributed by atoms with Gasteiger partial charge >= 0.3 is 6.18 Å². The first-order chi connectivity index (χ1) is 14.4. The summed E-state index contributed by atoms with van der Waals surface area (Å²) < 4.78 is 66.2. The van der Waals surface area contributed by atoms with Crippen LogP contribution >= 0.6 is 0 Å². The lowest BCUT2D eigenvalue weighted by Crippen LogP contribution is -2.22. The molecule has 0 aliphatic rings. The van der Waals surface area contributed by atoms with Gasteiger partial charge in [-0.2, -0.15) is 13.2 Å². The lowest BCUT2D eigenvalue weighted by atomic mass is 10.1. The minimum absolute atomic E-state index is 0.176. The number of alkyl halides is 3. The van der Waals surface area contributed by atoms with E-state index < -0.39 is 21.8 Å². The molecule has 0 N–H and O–H groups in total. The molecule has 0 aliphatic carbocycles. The van der Waals surface area contributed by atoms with Gasteiger partial charge in [-0.15, -0.1) is 0 Å². The molecule has 0 bridgehead atoms. The van der Waals surface area contributed by atoms with Crippen LogP contribution in [0.2, 0.25) is 0 Å². The van der Waals surface area contributed by atoms with Gasteiger partial charge in [0, 0.05) is 27.2 Å². The number of imidazole rings is 1. The smallest absolute Gasteiger partial charge is 0.327 e. The van der Waals surface area contributed by atoms with Crippen molar-refractivity contribution in [2.75, 3.05) is 21.1 Å². The number of halogens is 3. The van der Waals surface area contributed by atoms with Gasteiger partial charge in [0.05, 0.1) is 28.0 Å². The summed E-state index contributed by atoms with van der Waals surface area (Å²) >= 11 is 0. The fraction of sp³-hybridized carbons (Fsp3) is 0.381. The molecule has 6 nitrogen and oxygen atoms in total. The zero-order valence-corrected chi connectivity index (χ0v) is 18.6. The van der Waals surface area contributed by atoms with E-state index in [0.717, 1.165) is 33.3 Å². The highest BCUT2D eigenvalue weighted by Crippen LogP contribution is 2.29. The molecule has 0 radical (unpaired) electrons. The van der Waals surface area contributed by atoms with Crippen molar-refractivity contribution < 1.29 is 21.6 Å². The van der Waals surface area contributed by atoms with Crippen LogP contribution in [-0.2, 0) is 35.8 Å². The minimum Gasteiger partial charge on any atom is -0.327 e. The summed E-state index contributed by atoms with van der Waals surface area (Å²) in [5, 5.41) is 0. The molecule has 0 unspecified atom stereocenters. The number of hydrogen-bond donors (Lipinski definition) is 0. The van der Waals surface area contributed by atoms with Crippen LogP contribution < -0.4 is 0 Å². The molecule has 1 aromatic heterocycles. The van der Waals surface area contributed by atoms with E-state index >= 15 is 0 Å². The Balaban J connectivity index is 1.83. The van der Waals surface area contributed by atoms with Crippen LogP contribution in [-0.4, -0.2) is 48.3 Å². The van der Waals surface area contributed by atoms with Crippen LogP contribution in [0, 0.1) is 0 Å². The van der Waals surface area contributed by atoms with Gasteiger partial charge < -0.3 is 4.57 Å². The molecular weight excluding hydrogens is 429 g/mol. The third-order valence-electron chi connectivity index (χ3n) is 5.04. The first-order valence-corrected chi connectivity index (χ1v) is 11.1. The van der Waals surface area contributed by atoms with Crippen LogP contribution in [0.4, 0.5) is 13.2 Å². The Hall–Kier alpha value is -2.43. The predicted molar refractivity (Wildman–Crippen MR) is 113 cm³/mol. The molecule has 3 rings (SSSR count). The van der Waals surface area contributed by atoms with E-state index in [4.69, 9.17) is 0 Å². The van der Waals surface area contributed by atoms with Crippen LogP contribution in [0.25, 0.3) is 11.0 Å². The number of hydrogen-bond acceptors (Lipinski definition) is 4. The third-order valence-corrected chi connectivity index (χ3v) is 6.85. The molecule has 168 valence electrons. The van der Waals surface area contributed by atoms with Gasteiger partial charge in [-0.1, -0.05) is 12.1 Å². The predicted octanol–water partition coefficient (Wildman–Crippen LogP) is 3.96. The highest BCUT2D eigenvalue weighted by molar-refractivity contribution is 7.89. The molecule has 0 saturated carbocycles. The Morgan fingerprint density at radius 2 is 1.65 bits per heavy atom. The number of aryl methyl sites for hydroxylation is 1. The van der Waals surface area contributed by atoms with Gasteiger partial charge in [0.15, 0.2) is 0 Å². The lowest BCUT2D eigenvalue weighted by molar-refractivity contribution is -0.137. The number of fused-ring (bicyclic) bond motifs is 1. The molecule has 0 spiro atoms. The van der Waals surface area contributed by atoms with E-state index in [1.54, 1.807) is 18.2 Å². The number of rotatable bonds is 7. The second-order valence-corrected chi connectivity index (χ2v) is 9.73. The van der Waals surface area contributed by atoms with Crippen LogP contribution in [0.3, 0.4) is 0 Å². The summed E-state index contributed by atoms with van der Waals surface area (Å²) in [6.45, 7) is 3.54. The van der Waals surface area contributed by atoms with E-state index in [9.17, 15) is 21.6 Å². The van der Waals surface area contributed by atoms with E-state index in [1.165, 1.54) is 26.2 Å². The molecule has 0 saturated heterocycles. The van der Waals surface area contributed by atoms with Crippen LogP contribution in [0.15, 0.2) is 47.4 Å². The zero-order valence-electron chi connectivity index (χ0n) is 17.8. The van der Waals surface area contributed by atoms with E-state index in [-0.39, 0.29) is 4.90 Å². The Morgan fingerprint density at radius 3 is 2.19 bits per heavy atom. The lowest BCUT2D eigenvalue weighted by Gasteiger charge is -2.17. The van der Waals surface area contributed by atoms with Gasteiger partial charge in [0.2, 0.25) is 10.0 Å². The molecule has 31 heavy (non-hydrogen) atoms. The van der Waals surface area contributed by atoms with Crippen molar-refractivity contribution in [2.24, 2.45) is 0 Å². The number of benzene rings is 2. The summed E-state index contributed by atoms with van der Waals surface area (Å²) in [6.07, 6.45) is -4.35. The second-order valence-electron chi connectivity index (χ2n) is 7.58. The van der Waals surface area contributed by atoms with Gasteiger partial charge in [-0.25, -0.2) is 17.7 Å². The molecule has 2 aromatic carbocycles. The van der Waals surface area contributed by atoms with Crippen molar-refractivity contribution in [3.8, 4) is 0 Å². The van der Waals surface area contributed by atoms with Gasteiger partial charge in [-0.05, 0) is 49.9 Å². The Kier molecular flexibility index (Phi) is 6.45.